The summed E-state index contributed by atoms with van der Waals surface area (Å²) >= 11 is 0. The predicted molar refractivity (Wildman–Crippen MR) is 124 cm³/mol. The summed E-state index contributed by atoms with van der Waals surface area (Å²) in [7, 11) is 0. The Morgan fingerprint density at radius 1 is 0.912 bits per heavy atom. The van der Waals surface area contributed by atoms with Crippen molar-refractivity contribution in [1.29, 1.82) is 0 Å². The molecule has 3 amide bonds. The van der Waals surface area contributed by atoms with Crippen molar-refractivity contribution in [3.05, 3.63) is 66.2 Å². The van der Waals surface area contributed by atoms with E-state index in [1.54, 1.807) is 29.2 Å². The maximum atomic E-state index is 13.1. The smallest absolute Gasteiger partial charge is 0.316 e. The molecule has 0 spiro atoms. The molecule has 2 aromatic rings. The number of hydrogen-bond donors (Lipinski definition) is 0. The monoisotopic (exact) mass is 456 g/mol. The predicted octanol–water partition coefficient (Wildman–Crippen LogP) is 3.27. The molecule has 0 N–H and O–H groups in total. The van der Waals surface area contributed by atoms with Crippen molar-refractivity contribution in [3.63, 3.8) is 0 Å². The summed E-state index contributed by atoms with van der Waals surface area (Å²) in [5, 5.41) is 0. The summed E-state index contributed by atoms with van der Waals surface area (Å²) in [6.07, 6.45) is 5.07. The molecular formula is C27H24N2O5. The number of fused-ring (bicyclic) bond motifs is 5. The van der Waals surface area contributed by atoms with E-state index in [0.29, 0.717) is 5.69 Å². The Hall–Kier alpha value is -3.74. The molecular weight excluding hydrogens is 432 g/mol. The van der Waals surface area contributed by atoms with Crippen LogP contribution in [0.2, 0.25) is 0 Å². The molecule has 1 saturated carbocycles. The van der Waals surface area contributed by atoms with Gasteiger partial charge in [-0.25, -0.2) is 4.90 Å². The number of esters is 1. The van der Waals surface area contributed by atoms with Gasteiger partial charge in [0, 0.05) is 24.7 Å². The third kappa shape index (κ3) is 3.18. The number of anilines is 2. The molecule has 5 atom stereocenters. The summed E-state index contributed by atoms with van der Waals surface area (Å²) < 4.78 is 5.59. The Morgan fingerprint density at radius 3 is 2.26 bits per heavy atom. The van der Waals surface area contributed by atoms with Crippen LogP contribution in [-0.2, 0) is 19.2 Å². The first-order chi connectivity index (χ1) is 16.4. The second kappa shape index (κ2) is 7.65. The minimum absolute atomic E-state index is 0.0780. The van der Waals surface area contributed by atoms with Crippen LogP contribution in [0, 0.1) is 36.5 Å². The van der Waals surface area contributed by atoms with E-state index in [1.807, 2.05) is 31.2 Å². The minimum Gasteiger partial charge on any atom is -0.426 e. The average Bonchev–Trinajstić information content (AvgIpc) is 3.58. The van der Waals surface area contributed by atoms with E-state index in [1.165, 1.54) is 4.90 Å². The quantitative estimate of drug-likeness (QED) is 0.305. The van der Waals surface area contributed by atoms with Crippen molar-refractivity contribution < 1.29 is 23.9 Å². The van der Waals surface area contributed by atoms with Gasteiger partial charge in [0.05, 0.1) is 23.4 Å². The van der Waals surface area contributed by atoms with Gasteiger partial charge in [-0.15, -0.1) is 0 Å². The highest BCUT2D eigenvalue weighted by molar-refractivity contribution is 6.22. The highest BCUT2D eigenvalue weighted by Crippen LogP contribution is 2.53. The Kier molecular flexibility index (Phi) is 4.69. The van der Waals surface area contributed by atoms with Gasteiger partial charge in [-0.1, -0.05) is 35.9 Å². The second-order valence-corrected chi connectivity index (χ2v) is 9.67. The summed E-state index contributed by atoms with van der Waals surface area (Å²) in [6, 6.07) is 14.1. The lowest BCUT2D eigenvalue weighted by atomic mass is 9.85. The number of imide groups is 1. The number of hydrogen-bond acceptors (Lipinski definition) is 5. The van der Waals surface area contributed by atoms with Gasteiger partial charge in [-0.2, -0.15) is 0 Å². The van der Waals surface area contributed by atoms with Crippen molar-refractivity contribution in [2.75, 3.05) is 16.3 Å². The molecule has 172 valence electrons. The number of amides is 3. The van der Waals surface area contributed by atoms with Gasteiger partial charge in [-0.05, 0) is 49.4 Å². The summed E-state index contributed by atoms with van der Waals surface area (Å²) in [6.45, 7) is 2.23. The number of ether oxygens (including phenoxy) is 1. The van der Waals surface area contributed by atoms with E-state index in [-0.39, 0.29) is 60.1 Å². The molecule has 2 aliphatic carbocycles. The van der Waals surface area contributed by atoms with Crippen LogP contribution in [0.5, 0.6) is 5.75 Å². The van der Waals surface area contributed by atoms with Crippen LogP contribution in [0.15, 0.2) is 60.7 Å². The van der Waals surface area contributed by atoms with E-state index >= 15 is 0 Å². The van der Waals surface area contributed by atoms with Gasteiger partial charge < -0.3 is 9.64 Å². The largest absolute Gasteiger partial charge is 0.426 e. The number of rotatable bonds is 4. The second-order valence-electron chi connectivity index (χ2n) is 9.67. The van der Waals surface area contributed by atoms with Crippen LogP contribution >= 0.6 is 0 Å². The molecule has 2 aromatic carbocycles. The number of nitrogens with zero attached hydrogens (tertiary/aromatic N) is 2. The Morgan fingerprint density at radius 2 is 1.59 bits per heavy atom. The molecule has 6 rings (SSSR count). The lowest BCUT2D eigenvalue weighted by molar-refractivity contribution is -0.139. The lowest BCUT2D eigenvalue weighted by Gasteiger charge is -2.18. The normalized spacial score (nSPS) is 29.3. The zero-order valence-corrected chi connectivity index (χ0v) is 18.7. The molecule has 3 fully saturated rings. The zero-order valence-electron chi connectivity index (χ0n) is 18.7. The maximum absolute atomic E-state index is 13.1. The third-order valence-corrected chi connectivity index (χ3v) is 7.57. The molecule has 2 bridgehead atoms. The van der Waals surface area contributed by atoms with Crippen LogP contribution in [0.3, 0.4) is 0 Å². The van der Waals surface area contributed by atoms with Crippen LogP contribution in [0.4, 0.5) is 11.4 Å². The van der Waals surface area contributed by atoms with Crippen molar-refractivity contribution >= 4 is 35.1 Å². The number of benzene rings is 2. The van der Waals surface area contributed by atoms with Gasteiger partial charge in [0.2, 0.25) is 17.7 Å². The van der Waals surface area contributed by atoms with Crippen LogP contribution in [0.1, 0.15) is 18.4 Å². The fourth-order valence-electron chi connectivity index (χ4n) is 5.88. The van der Waals surface area contributed by atoms with Gasteiger partial charge >= 0.3 is 5.97 Å². The molecule has 0 aromatic heterocycles. The van der Waals surface area contributed by atoms with Crippen molar-refractivity contribution in [2.45, 2.75) is 19.8 Å². The maximum Gasteiger partial charge on any atom is 0.316 e. The highest BCUT2D eigenvalue weighted by atomic mass is 16.5. The summed E-state index contributed by atoms with van der Waals surface area (Å²) in [5.74, 6) is -1.62. The molecule has 4 aliphatic rings. The van der Waals surface area contributed by atoms with Crippen LogP contribution in [-0.4, -0.2) is 30.2 Å². The Balaban J connectivity index is 1.16. The average molecular weight is 456 g/mol. The van der Waals surface area contributed by atoms with Crippen LogP contribution < -0.4 is 14.5 Å². The van der Waals surface area contributed by atoms with Gasteiger partial charge in [0.1, 0.15) is 5.75 Å². The number of aryl methyl sites for hydroxylation is 1. The van der Waals surface area contributed by atoms with Crippen molar-refractivity contribution in [3.8, 4) is 5.75 Å². The van der Waals surface area contributed by atoms with Gasteiger partial charge in [0.15, 0.2) is 0 Å². The fraction of sp³-hybridized carbons (Fsp3) is 0.333. The van der Waals surface area contributed by atoms with E-state index in [4.69, 9.17) is 4.74 Å². The van der Waals surface area contributed by atoms with E-state index in [0.717, 1.165) is 17.7 Å². The van der Waals surface area contributed by atoms with Gasteiger partial charge in [0.25, 0.3) is 0 Å². The molecule has 2 aliphatic heterocycles. The number of allylic oxidation sites excluding steroid dienone is 2. The van der Waals surface area contributed by atoms with Crippen LogP contribution in [0.25, 0.3) is 0 Å². The summed E-state index contributed by atoms with van der Waals surface area (Å²) in [5.41, 5.74) is 2.26. The molecule has 7 nitrogen and oxygen atoms in total. The van der Waals surface area contributed by atoms with E-state index in [9.17, 15) is 19.2 Å². The standard InChI is InChI=1S/C27H24N2O5/c1-15-5-9-19(10-6-15)28-14-18(12-22(28)30)27(33)34-21-4-2-3-20(13-21)29-25(31)23-16-7-8-17(11-16)24(23)26(29)32/h2-10,13,16-18,23-24H,11-12,14H2,1H3/t16-,17-,18+,23+,24+/m0/s1. The molecule has 2 heterocycles. The first-order valence-corrected chi connectivity index (χ1v) is 11.7. The van der Waals surface area contributed by atoms with E-state index < -0.39 is 11.9 Å². The Labute approximate surface area is 197 Å². The van der Waals surface area contributed by atoms with Crippen molar-refractivity contribution in [1.82, 2.24) is 0 Å². The molecule has 2 saturated heterocycles. The minimum atomic E-state index is -0.589. The first-order valence-electron chi connectivity index (χ1n) is 11.7. The lowest BCUT2D eigenvalue weighted by Crippen LogP contribution is -2.32. The topological polar surface area (TPSA) is 84.0 Å². The third-order valence-electron chi connectivity index (χ3n) is 7.57. The number of carbonyl (C=O) groups excluding carboxylic acids is 4. The Bertz CT molecular complexity index is 1220. The number of carbonyl (C=O) groups is 4. The first kappa shape index (κ1) is 20.8. The van der Waals surface area contributed by atoms with E-state index in [2.05, 4.69) is 12.2 Å². The molecule has 34 heavy (non-hydrogen) atoms. The zero-order chi connectivity index (χ0) is 23.6. The fourth-order valence-corrected chi connectivity index (χ4v) is 5.88. The highest BCUT2D eigenvalue weighted by Gasteiger charge is 2.59. The molecule has 0 unspecified atom stereocenters. The van der Waals surface area contributed by atoms with Crippen molar-refractivity contribution in [2.24, 2.45) is 29.6 Å². The molecule has 0 radical (unpaired) electrons. The summed E-state index contributed by atoms with van der Waals surface area (Å²) in [4.78, 5) is 54.4. The van der Waals surface area contributed by atoms with Gasteiger partial charge in [-0.3, -0.25) is 19.2 Å². The molecule has 7 heteroatoms. The SMILES string of the molecule is Cc1ccc(N2C[C@H](C(=O)Oc3cccc(N4C(=O)[C@H]5[C@H](C4=O)[C@H]4C=C[C@H]5C4)c3)CC2=O)cc1.